The Balaban J connectivity index is 1.26. The van der Waals surface area contributed by atoms with E-state index in [2.05, 4.69) is 17.2 Å². The lowest BCUT2D eigenvalue weighted by Crippen LogP contribution is -2.51. The monoisotopic (exact) mass is 441 g/mol. The molecule has 1 unspecified atom stereocenters. The van der Waals surface area contributed by atoms with Gasteiger partial charge in [-0.05, 0) is 53.6 Å². The van der Waals surface area contributed by atoms with Crippen LogP contribution in [0.15, 0.2) is 60.8 Å². The molecule has 0 spiro atoms. The molecule has 3 heterocycles. The van der Waals surface area contributed by atoms with Gasteiger partial charge in [0.25, 0.3) is 5.91 Å². The molecule has 1 atom stereocenters. The molecule has 7 nitrogen and oxygen atoms in total. The second-order valence-electron chi connectivity index (χ2n) is 8.59. The van der Waals surface area contributed by atoms with Crippen molar-refractivity contribution in [3.05, 3.63) is 77.5 Å². The van der Waals surface area contributed by atoms with Gasteiger partial charge in [0.15, 0.2) is 11.5 Å². The Morgan fingerprint density at radius 1 is 1.06 bits per heavy atom. The molecule has 3 aliphatic rings. The lowest BCUT2D eigenvalue weighted by molar-refractivity contribution is -0.122. The van der Waals surface area contributed by atoms with Gasteiger partial charge < -0.3 is 20.1 Å². The zero-order valence-electron chi connectivity index (χ0n) is 18.0. The maximum atomic E-state index is 13.3. The van der Waals surface area contributed by atoms with Crippen molar-refractivity contribution in [3.63, 3.8) is 0 Å². The van der Waals surface area contributed by atoms with E-state index in [1.54, 1.807) is 4.90 Å². The highest BCUT2D eigenvalue weighted by Crippen LogP contribution is 2.41. The van der Waals surface area contributed by atoms with Crippen LogP contribution in [-0.4, -0.2) is 24.6 Å². The SMILES string of the molecule is C=C1CCC(N2C(=O)c3ccc(CNCc4ccc5c(c4)OCO5)c4cccc2c34)C(=O)N1. The van der Waals surface area contributed by atoms with E-state index in [4.69, 9.17) is 9.47 Å². The average molecular weight is 441 g/mol. The Bertz CT molecular complexity index is 1330. The van der Waals surface area contributed by atoms with Gasteiger partial charge in [-0.15, -0.1) is 0 Å². The summed E-state index contributed by atoms with van der Waals surface area (Å²) < 4.78 is 10.8. The van der Waals surface area contributed by atoms with Gasteiger partial charge in [0.05, 0.1) is 5.69 Å². The van der Waals surface area contributed by atoms with Crippen LogP contribution in [0.25, 0.3) is 10.8 Å². The molecule has 0 bridgehead atoms. The molecule has 0 aliphatic carbocycles. The number of carbonyl (C=O) groups is 2. The fraction of sp³-hybridized carbons (Fsp3) is 0.231. The van der Waals surface area contributed by atoms with Crippen LogP contribution in [0.1, 0.15) is 34.3 Å². The van der Waals surface area contributed by atoms with Crippen LogP contribution in [0.3, 0.4) is 0 Å². The minimum atomic E-state index is -0.520. The number of piperidine rings is 1. The minimum Gasteiger partial charge on any atom is -0.454 e. The lowest BCUT2D eigenvalue weighted by Gasteiger charge is -2.31. The Kier molecular flexibility index (Phi) is 4.58. The van der Waals surface area contributed by atoms with Crippen LogP contribution in [0, 0.1) is 0 Å². The number of amides is 2. The zero-order chi connectivity index (χ0) is 22.5. The van der Waals surface area contributed by atoms with Gasteiger partial charge in [-0.1, -0.05) is 30.8 Å². The summed E-state index contributed by atoms with van der Waals surface area (Å²) in [6.45, 7) is 5.43. The van der Waals surface area contributed by atoms with Crippen molar-refractivity contribution in [1.29, 1.82) is 0 Å². The lowest BCUT2D eigenvalue weighted by atomic mass is 10.00. The quantitative estimate of drug-likeness (QED) is 0.632. The molecule has 33 heavy (non-hydrogen) atoms. The number of hydrogen-bond acceptors (Lipinski definition) is 5. The van der Waals surface area contributed by atoms with E-state index < -0.39 is 6.04 Å². The van der Waals surface area contributed by atoms with E-state index in [1.807, 2.05) is 48.5 Å². The predicted octanol–water partition coefficient (Wildman–Crippen LogP) is 3.61. The molecule has 166 valence electrons. The highest BCUT2D eigenvalue weighted by atomic mass is 16.7. The van der Waals surface area contributed by atoms with Gasteiger partial charge in [0.1, 0.15) is 6.04 Å². The van der Waals surface area contributed by atoms with Crippen LogP contribution >= 0.6 is 0 Å². The Morgan fingerprint density at radius 2 is 1.94 bits per heavy atom. The van der Waals surface area contributed by atoms with Crippen molar-refractivity contribution in [2.45, 2.75) is 32.0 Å². The minimum absolute atomic E-state index is 0.117. The number of benzene rings is 3. The van der Waals surface area contributed by atoms with Crippen molar-refractivity contribution >= 4 is 28.3 Å². The van der Waals surface area contributed by atoms with Crippen LogP contribution in [-0.2, 0) is 17.9 Å². The van der Waals surface area contributed by atoms with Crippen LogP contribution in [0.2, 0.25) is 0 Å². The molecule has 1 saturated heterocycles. The number of fused-ring (bicyclic) bond motifs is 1. The third kappa shape index (κ3) is 3.24. The maximum Gasteiger partial charge on any atom is 0.259 e. The van der Waals surface area contributed by atoms with Crippen molar-refractivity contribution in [3.8, 4) is 11.5 Å². The topological polar surface area (TPSA) is 79.9 Å². The van der Waals surface area contributed by atoms with E-state index in [9.17, 15) is 9.59 Å². The van der Waals surface area contributed by atoms with Crippen molar-refractivity contribution < 1.29 is 19.1 Å². The van der Waals surface area contributed by atoms with Crippen LogP contribution in [0.4, 0.5) is 5.69 Å². The standard InChI is InChI=1S/C26H23N3O4/c1-15-5-9-21(25(30)28-15)29-20-4-2-3-18-17(7-8-19(24(18)20)26(29)31)13-27-12-16-6-10-22-23(11-16)33-14-32-22/h2-4,6-8,10-11,21,27H,1,5,9,12-14H2,(H,28,30). The second kappa shape index (κ2) is 7.64. The third-order valence-corrected chi connectivity index (χ3v) is 6.53. The summed E-state index contributed by atoms with van der Waals surface area (Å²) in [6, 6.07) is 15.2. The average Bonchev–Trinajstić information content (AvgIpc) is 3.39. The summed E-state index contributed by atoms with van der Waals surface area (Å²) in [4.78, 5) is 27.6. The first kappa shape index (κ1) is 19.8. The number of carbonyl (C=O) groups excluding carboxylic acids is 2. The van der Waals surface area contributed by atoms with E-state index in [0.29, 0.717) is 37.2 Å². The van der Waals surface area contributed by atoms with Crippen molar-refractivity contribution in [2.75, 3.05) is 11.7 Å². The smallest absolute Gasteiger partial charge is 0.259 e. The molecule has 3 aromatic rings. The van der Waals surface area contributed by atoms with Gasteiger partial charge in [0.2, 0.25) is 12.7 Å². The number of rotatable bonds is 5. The summed E-state index contributed by atoms with van der Waals surface area (Å²) in [6.07, 6.45) is 1.24. The highest BCUT2D eigenvalue weighted by Gasteiger charge is 2.39. The van der Waals surface area contributed by atoms with Gasteiger partial charge in [-0.25, -0.2) is 0 Å². The third-order valence-electron chi connectivity index (χ3n) is 6.53. The number of anilines is 1. The number of hydrogen-bond donors (Lipinski definition) is 2. The first-order valence-electron chi connectivity index (χ1n) is 11.1. The van der Waals surface area contributed by atoms with Crippen molar-refractivity contribution in [1.82, 2.24) is 10.6 Å². The van der Waals surface area contributed by atoms with Gasteiger partial charge in [-0.2, -0.15) is 0 Å². The molecule has 2 N–H and O–H groups in total. The maximum absolute atomic E-state index is 13.3. The first-order chi connectivity index (χ1) is 16.1. The molecule has 3 aliphatic heterocycles. The number of ether oxygens (including phenoxy) is 2. The van der Waals surface area contributed by atoms with Gasteiger partial charge >= 0.3 is 0 Å². The summed E-state index contributed by atoms with van der Waals surface area (Å²) >= 11 is 0. The number of nitrogens with zero attached hydrogens (tertiary/aromatic N) is 1. The summed E-state index contributed by atoms with van der Waals surface area (Å²) in [7, 11) is 0. The first-order valence-corrected chi connectivity index (χ1v) is 11.1. The van der Waals surface area contributed by atoms with E-state index in [0.717, 1.165) is 39.1 Å². The van der Waals surface area contributed by atoms with Crippen LogP contribution < -0.4 is 25.0 Å². The Labute approximate surface area is 191 Å². The van der Waals surface area contributed by atoms with Crippen LogP contribution in [0.5, 0.6) is 11.5 Å². The summed E-state index contributed by atoms with van der Waals surface area (Å²) in [5.41, 5.74) is 4.37. The highest BCUT2D eigenvalue weighted by molar-refractivity contribution is 6.27. The Hall–Kier alpha value is -3.84. The van der Waals surface area contributed by atoms with Crippen molar-refractivity contribution in [2.24, 2.45) is 0 Å². The Morgan fingerprint density at radius 3 is 2.82 bits per heavy atom. The largest absolute Gasteiger partial charge is 0.454 e. The predicted molar refractivity (Wildman–Crippen MR) is 124 cm³/mol. The molecule has 1 fully saturated rings. The summed E-state index contributed by atoms with van der Waals surface area (Å²) in [5, 5.41) is 8.24. The van der Waals surface area contributed by atoms with E-state index >= 15 is 0 Å². The number of nitrogens with one attached hydrogen (secondary N) is 2. The fourth-order valence-electron chi connectivity index (χ4n) is 4.93. The van der Waals surface area contributed by atoms with E-state index in [1.165, 1.54) is 0 Å². The number of allylic oxidation sites excluding steroid dienone is 1. The molecule has 6 rings (SSSR count). The molecular weight excluding hydrogens is 418 g/mol. The molecule has 0 radical (unpaired) electrons. The normalized spacial score (nSPS) is 18.8. The van der Waals surface area contributed by atoms with Gasteiger partial charge in [0, 0.05) is 29.7 Å². The summed E-state index contributed by atoms with van der Waals surface area (Å²) in [5.74, 6) is 1.26. The molecular formula is C26H23N3O4. The van der Waals surface area contributed by atoms with Gasteiger partial charge in [-0.3, -0.25) is 14.5 Å². The molecule has 3 aromatic carbocycles. The molecule has 0 aromatic heterocycles. The molecule has 2 amide bonds. The molecule has 7 heteroatoms. The zero-order valence-corrected chi connectivity index (χ0v) is 18.0. The molecule has 0 saturated carbocycles. The van der Waals surface area contributed by atoms with E-state index in [-0.39, 0.29) is 18.6 Å². The second-order valence-corrected chi connectivity index (χ2v) is 8.59. The fourth-order valence-corrected chi connectivity index (χ4v) is 4.93.